The summed E-state index contributed by atoms with van der Waals surface area (Å²) in [5.41, 5.74) is 6.59. The maximum absolute atomic E-state index is 12.0. The highest BCUT2D eigenvalue weighted by molar-refractivity contribution is 5.85. The molecule has 1 fully saturated rings. The first-order chi connectivity index (χ1) is 9.22. The molecule has 0 radical (unpaired) electrons. The summed E-state index contributed by atoms with van der Waals surface area (Å²) in [6.07, 6.45) is 2.02. The third-order valence-corrected chi connectivity index (χ3v) is 3.67. The van der Waals surface area contributed by atoms with Crippen molar-refractivity contribution in [3.8, 4) is 0 Å². The largest absolute Gasteiger partial charge is 0.328 e. The third kappa shape index (κ3) is 3.17. The minimum atomic E-state index is -0.0608. The number of nitrogens with one attached hydrogen (secondary N) is 1. The first-order valence-electron chi connectivity index (χ1n) is 6.68. The van der Waals surface area contributed by atoms with Crippen LogP contribution in [0.2, 0.25) is 0 Å². The van der Waals surface area contributed by atoms with Crippen molar-refractivity contribution < 1.29 is 0 Å². The fraction of sp³-hybridized carbons (Fsp3) is 0.429. The van der Waals surface area contributed by atoms with Crippen LogP contribution in [0.15, 0.2) is 29.1 Å². The van der Waals surface area contributed by atoms with Crippen LogP contribution in [0.4, 0.5) is 0 Å². The standard InChI is InChI=1S/C14H18N4O.ClH/c15-10-5-7-18(8-6-10)9-13-16-12-4-2-1-3-11(12)14(19)17-13;/h1-4,10H,5-9,15H2,(H,16,17,19);1H. The smallest absolute Gasteiger partial charge is 0.258 e. The Morgan fingerprint density at radius 3 is 2.75 bits per heavy atom. The van der Waals surface area contributed by atoms with Gasteiger partial charge in [0.25, 0.3) is 5.56 Å². The molecule has 0 saturated carbocycles. The minimum absolute atomic E-state index is 0. The highest BCUT2D eigenvalue weighted by atomic mass is 35.5. The number of piperidine rings is 1. The Kier molecular flexibility index (Phi) is 4.75. The van der Waals surface area contributed by atoms with Crippen LogP contribution in [-0.4, -0.2) is 34.0 Å². The summed E-state index contributed by atoms with van der Waals surface area (Å²) in [7, 11) is 0. The fourth-order valence-electron chi connectivity index (χ4n) is 2.53. The number of para-hydroxylation sites is 1. The second-order valence-electron chi connectivity index (χ2n) is 5.14. The van der Waals surface area contributed by atoms with Gasteiger partial charge < -0.3 is 10.7 Å². The summed E-state index contributed by atoms with van der Waals surface area (Å²) < 4.78 is 0. The molecule has 1 saturated heterocycles. The number of hydrogen-bond donors (Lipinski definition) is 2. The number of likely N-dealkylation sites (tertiary alicyclic amines) is 1. The van der Waals surface area contributed by atoms with E-state index < -0.39 is 0 Å². The van der Waals surface area contributed by atoms with E-state index in [1.165, 1.54) is 0 Å². The number of nitrogens with zero attached hydrogens (tertiary/aromatic N) is 2. The van der Waals surface area contributed by atoms with Gasteiger partial charge in [0.05, 0.1) is 17.4 Å². The zero-order valence-electron chi connectivity index (χ0n) is 11.2. The predicted molar refractivity (Wildman–Crippen MR) is 82.1 cm³/mol. The van der Waals surface area contributed by atoms with Gasteiger partial charge in [-0.25, -0.2) is 4.98 Å². The van der Waals surface area contributed by atoms with E-state index in [-0.39, 0.29) is 18.0 Å². The molecule has 1 aliphatic heterocycles. The molecule has 1 aromatic carbocycles. The van der Waals surface area contributed by atoms with Crippen LogP contribution in [0, 0.1) is 0 Å². The summed E-state index contributed by atoms with van der Waals surface area (Å²) >= 11 is 0. The Hall–Kier alpha value is -1.43. The molecule has 108 valence electrons. The number of rotatable bonds is 2. The van der Waals surface area contributed by atoms with E-state index >= 15 is 0 Å². The molecule has 2 heterocycles. The fourth-order valence-corrected chi connectivity index (χ4v) is 2.53. The molecular weight excluding hydrogens is 276 g/mol. The Balaban J connectivity index is 0.00000147. The van der Waals surface area contributed by atoms with E-state index in [0.29, 0.717) is 18.0 Å². The maximum atomic E-state index is 12.0. The first-order valence-corrected chi connectivity index (χ1v) is 6.68. The summed E-state index contributed by atoms with van der Waals surface area (Å²) in [6, 6.07) is 7.74. The number of aromatic nitrogens is 2. The van der Waals surface area contributed by atoms with Gasteiger partial charge in [0.2, 0.25) is 0 Å². The van der Waals surface area contributed by atoms with Gasteiger partial charge in [-0.2, -0.15) is 0 Å². The van der Waals surface area contributed by atoms with E-state index in [2.05, 4.69) is 14.9 Å². The number of halogens is 1. The van der Waals surface area contributed by atoms with Gasteiger partial charge in [-0.1, -0.05) is 12.1 Å². The van der Waals surface area contributed by atoms with Crippen molar-refractivity contribution in [2.45, 2.75) is 25.4 Å². The number of H-pyrrole nitrogens is 1. The zero-order valence-corrected chi connectivity index (χ0v) is 12.0. The molecule has 0 aliphatic carbocycles. The maximum Gasteiger partial charge on any atom is 0.258 e. The highest BCUT2D eigenvalue weighted by Crippen LogP contribution is 2.11. The molecule has 0 amide bonds. The van der Waals surface area contributed by atoms with Gasteiger partial charge in [-0.15, -0.1) is 12.4 Å². The van der Waals surface area contributed by atoms with E-state index in [1.54, 1.807) is 6.07 Å². The molecule has 6 heteroatoms. The number of nitrogens with two attached hydrogens (primary N) is 1. The van der Waals surface area contributed by atoms with Crippen molar-refractivity contribution in [3.05, 3.63) is 40.4 Å². The SMILES string of the molecule is Cl.NC1CCN(Cc2nc3ccccc3c(=O)[nH]2)CC1. The molecule has 20 heavy (non-hydrogen) atoms. The second-order valence-corrected chi connectivity index (χ2v) is 5.14. The predicted octanol–water partition coefficient (Wildman–Crippen LogP) is 1.27. The summed E-state index contributed by atoms with van der Waals surface area (Å²) in [5, 5.41) is 0.645. The Morgan fingerprint density at radius 2 is 2.00 bits per heavy atom. The Morgan fingerprint density at radius 1 is 1.30 bits per heavy atom. The molecular formula is C14H19ClN4O. The monoisotopic (exact) mass is 294 g/mol. The van der Waals surface area contributed by atoms with Crippen molar-refractivity contribution in [1.29, 1.82) is 0 Å². The van der Waals surface area contributed by atoms with E-state index in [4.69, 9.17) is 5.73 Å². The number of hydrogen-bond acceptors (Lipinski definition) is 4. The van der Waals surface area contributed by atoms with Gasteiger partial charge in [0, 0.05) is 19.1 Å². The molecule has 0 atom stereocenters. The lowest BCUT2D eigenvalue weighted by Crippen LogP contribution is -2.39. The second kappa shape index (κ2) is 6.35. The van der Waals surface area contributed by atoms with E-state index in [0.717, 1.165) is 37.3 Å². The van der Waals surface area contributed by atoms with Crippen LogP contribution < -0.4 is 11.3 Å². The molecule has 2 aromatic rings. The summed E-state index contributed by atoms with van der Waals surface area (Å²) in [6.45, 7) is 2.63. The van der Waals surface area contributed by atoms with Crippen molar-refractivity contribution in [1.82, 2.24) is 14.9 Å². The molecule has 0 unspecified atom stereocenters. The first kappa shape index (κ1) is 15.0. The molecule has 1 aliphatic rings. The van der Waals surface area contributed by atoms with Crippen LogP contribution in [-0.2, 0) is 6.54 Å². The average Bonchev–Trinajstić information content (AvgIpc) is 2.42. The summed E-state index contributed by atoms with van der Waals surface area (Å²) in [4.78, 5) is 21.6. The lowest BCUT2D eigenvalue weighted by molar-refractivity contribution is 0.201. The van der Waals surface area contributed by atoms with Gasteiger partial charge in [-0.05, 0) is 25.0 Å². The van der Waals surface area contributed by atoms with Crippen LogP contribution in [0.5, 0.6) is 0 Å². The zero-order chi connectivity index (χ0) is 13.2. The lowest BCUT2D eigenvalue weighted by atomic mass is 10.1. The van der Waals surface area contributed by atoms with Crippen molar-refractivity contribution >= 4 is 23.3 Å². The number of aromatic amines is 1. The van der Waals surface area contributed by atoms with Crippen LogP contribution in [0.1, 0.15) is 18.7 Å². The molecule has 3 N–H and O–H groups in total. The van der Waals surface area contributed by atoms with Crippen molar-refractivity contribution in [3.63, 3.8) is 0 Å². The van der Waals surface area contributed by atoms with Gasteiger partial charge in [0.1, 0.15) is 5.82 Å². The minimum Gasteiger partial charge on any atom is -0.328 e. The number of fused-ring (bicyclic) bond motifs is 1. The molecule has 5 nitrogen and oxygen atoms in total. The van der Waals surface area contributed by atoms with Gasteiger partial charge >= 0.3 is 0 Å². The summed E-state index contributed by atoms with van der Waals surface area (Å²) in [5.74, 6) is 0.735. The van der Waals surface area contributed by atoms with Gasteiger partial charge in [0.15, 0.2) is 0 Å². The van der Waals surface area contributed by atoms with Gasteiger partial charge in [-0.3, -0.25) is 9.69 Å². The molecule has 0 bridgehead atoms. The van der Waals surface area contributed by atoms with Crippen molar-refractivity contribution in [2.75, 3.05) is 13.1 Å². The van der Waals surface area contributed by atoms with Crippen LogP contribution >= 0.6 is 12.4 Å². The normalized spacial score (nSPS) is 17.1. The Bertz CT molecular complexity index is 634. The topological polar surface area (TPSA) is 75.0 Å². The molecule has 0 spiro atoms. The van der Waals surface area contributed by atoms with E-state index in [1.807, 2.05) is 18.2 Å². The average molecular weight is 295 g/mol. The number of benzene rings is 1. The Labute approximate surface area is 123 Å². The van der Waals surface area contributed by atoms with E-state index in [9.17, 15) is 4.79 Å². The van der Waals surface area contributed by atoms with Crippen LogP contribution in [0.3, 0.4) is 0 Å². The molecule has 1 aromatic heterocycles. The highest BCUT2D eigenvalue weighted by Gasteiger charge is 2.17. The van der Waals surface area contributed by atoms with Crippen molar-refractivity contribution in [2.24, 2.45) is 5.73 Å². The lowest BCUT2D eigenvalue weighted by Gasteiger charge is -2.29. The quantitative estimate of drug-likeness (QED) is 0.874. The molecule has 3 rings (SSSR count). The third-order valence-electron chi connectivity index (χ3n) is 3.67. The van der Waals surface area contributed by atoms with Crippen LogP contribution in [0.25, 0.3) is 10.9 Å².